The molecule has 4 rings (SSSR count). The molecule has 8 unspecified atom stereocenters. The van der Waals surface area contributed by atoms with Crippen molar-refractivity contribution in [3.63, 3.8) is 0 Å². The Morgan fingerprint density at radius 2 is 1.89 bits per heavy atom. The zero-order valence-corrected chi connectivity index (χ0v) is 10.3. The molecule has 4 heterocycles. The van der Waals surface area contributed by atoms with Gasteiger partial charge in [-0.05, 0) is 0 Å². The van der Waals surface area contributed by atoms with Gasteiger partial charge in [-0.25, -0.2) is 0 Å². The van der Waals surface area contributed by atoms with E-state index < -0.39 is 0 Å². The highest BCUT2D eigenvalue weighted by Crippen LogP contribution is 2.48. The number of fused-ring (bicyclic) bond motifs is 5. The van der Waals surface area contributed by atoms with Crippen molar-refractivity contribution in [1.82, 2.24) is 0 Å². The molecule has 4 aliphatic rings. The minimum Gasteiger partial charge on any atom is -0.392 e. The summed E-state index contributed by atoms with van der Waals surface area (Å²) in [5, 5.41) is 8.78. The highest BCUT2D eigenvalue weighted by molar-refractivity contribution is 5.14. The first-order valence-corrected chi connectivity index (χ1v) is 6.65. The molecule has 5 nitrogen and oxygen atoms in total. The lowest BCUT2D eigenvalue weighted by Gasteiger charge is -2.44. The van der Waals surface area contributed by atoms with E-state index in [0.29, 0.717) is 6.61 Å². The van der Waals surface area contributed by atoms with Crippen LogP contribution in [0.5, 0.6) is 0 Å². The van der Waals surface area contributed by atoms with Crippen LogP contribution in [-0.2, 0) is 18.9 Å². The Bertz CT molecular complexity index is 370. The molecule has 0 saturated carbocycles. The largest absolute Gasteiger partial charge is 0.392 e. The summed E-state index contributed by atoms with van der Waals surface area (Å²) in [4.78, 5) is 0. The molecular weight excluding hydrogens is 236 g/mol. The molecule has 18 heavy (non-hydrogen) atoms. The summed E-state index contributed by atoms with van der Waals surface area (Å²) in [5.74, 6) is 0.246. The molecule has 0 aromatic heterocycles. The van der Waals surface area contributed by atoms with Crippen molar-refractivity contribution in [2.75, 3.05) is 13.2 Å². The second-order valence-corrected chi connectivity index (χ2v) is 5.54. The maximum atomic E-state index is 8.78. The number of aliphatic hydroxyl groups excluding tert-OH is 1. The van der Waals surface area contributed by atoms with Gasteiger partial charge in [-0.2, -0.15) is 0 Å². The average molecular weight is 254 g/mol. The molecule has 0 aliphatic carbocycles. The van der Waals surface area contributed by atoms with Crippen LogP contribution in [0.25, 0.3) is 0 Å². The van der Waals surface area contributed by atoms with Gasteiger partial charge in [0.15, 0.2) is 0 Å². The van der Waals surface area contributed by atoms with E-state index in [1.165, 1.54) is 0 Å². The minimum atomic E-state index is 0.0535. The molecule has 4 saturated heterocycles. The molecule has 0 radical (unpaired) electrons. The van der Waals surface area contributed by atoms with Crippen molar-refractivity contribution in [3.05, 3.63) is 12.2 Å². The van der Waals surface area contributed by atoms with Gasteiger partial charge in [0.1, 0.15) is 36.6 Å². The third kappa shape index (κ3) is 1.39. The van der Waals surface area contributed by atoms with Crippen molar-refractivity contribution in [1.29, 1.82) is 0 Å². The van der Waals surface area contributed by atoms with Crippen LogP contribution in [0.3, 0.4) is 0 Å². The Balaban J connectivity index is 1.42. The summed E-state index contributed by atoms with van der Waals surface area (Å²) in [6.07, 6.45) is 4.42. The van der Waals surface area contributed by atoms with Gasteiger partial charge in [-0.3, -0.25) is 0 Å². The fourth-order valence-corrected chi connectivity index (χ4v) is 3.44. The predicted octanol–water partition coefficient (Wildman–Crippen LogP) is -0.128. The number of hydrogen-bond acceptors (Lipinski definition) is 5. The van der Waals surface area contributed by atoms with Crippen molar-refractivity contribution in [2.45, 2.75) is 49.7 Å². The van der Waals surface area contributed by atoms with E-state index in [-0.39, 0.29) is 55.3 Å². The smallest absolute Gasteiger partial charge is 0.116 e. The van der Waals surface area contributed by atoms with Crippen molar-refractivity contribution < 1.29 is 24.1 Å². The summed E-state index contributed by atoms with van der Waals surface area (Å²) < 4.78 is 23.4. The van der Waals surface area contributed by atoms with Crippen LogP contribution in [0.1, 0.15) is 6.92 Å². The molecule has 0 bridgehead atoms. The van der Waals surface area contributed by atoms with E-state index in [4.69, 9.17) is 24.1 Å². The van der Waals surface area contributed by atoms with Gasteiger partial charge in [-0.1, -0.05) is 19.1 Å². The van der Waals surface area contributed by atoms with Crippen molar-refractivity contribution in [3.8, 4) is 0 Å². The molecule has 4 aliphatic heterocycles. The zero-order chi connectivity index (χ0) is 12.3. The number of hydrogen-bond donors (Lipinski definition) is 1. The number of rotatable bonds is 3. The fourth-order valence-electron chi connectivity index (χ4n) is 3.44. The molecule has 5 heteroatoms. The van der Waals surface area contributed by atoms with Crippen molar-refractivity contribution >= 4 is 0 Å². The Hall–Kier alpha value is -0.460. The Morgan fingerprint density at radius 3 is 2.61 bits per heavy atom. The number of ether oxygens (including phenoxy) is 4. The van der Waals surface area contributed by atoms with Gasteiger partial charge in [0, 0.05) is 5.92 Å². The normalized spacial score (nSPS) is 54.4. The molecule has 1 N–H and O–H groups in total. The monoisotopic (exact) mass is 254 g/mol. The van der Waals surface area contributed by atoms with Crippen LogP contribution in [0.4, 0.5) is 0 Å². The Labute approximate surface area is 106 Å². The molecule has 0 aromatic rings. The van der Waals surface area contributed by atoms with E-state index in [9.17, 15) is 0 Å². The van der Waals surface area contributed by atoms with E-state index >= 15 is 0 Å². The third-order valence-corrected chi connectivity index (χ3v) is 4.46. The predicted molar refractivity (Wildman–Crippen MR) is 61.1 cm³/mol. The van der Waals surface area contributed by atoms with Crippen LogP contribution < -0.4 is 0 Å². The standard InChI is InChI=1S/C13H18O5/c1-6(3-2-4-14)8-10-13(17-8)12-11(18-10)9-7(16-12)5-15-9/h2-3,6-14H,4-5H2,1H3/b3-2+. The summed E-state index contributed by atoms with van der Waals surface area (Å²) in [5.41, 5.74) is 0. The lowest BCUT2D eigenvalue weighted by Crippen LogP contribution is -2.58. The van der Waals surface area contributed by atoms with Crippen LogP contribution in [-0.4, -0.2) is 61.0 Å². The van der Waals surface area contributed by atoms with Gasteiger partial charge >= 0.3 is 0 Å². The van der Waals surface area contributed by atoms with E-state index in [1.54, 1.807) is 6.08 Å². The Kier molecular flexibility index (Phi) is 2.54. The fraction of sp³-hybridized carbons (Fsp3) is 0.846. The molecular formula is C13H18O5. The molecule has 0 spiro atoms. The van der Waals surface area contributed by atoms with Gasteiger partial charge < -0.3 is 24.1 Å². The molecule has 0 aromatic carbocycles. The topological polar surface area (TPSA) is 57.2 Å². The quantitative estimate of drug-likeness (QED) is 0.711. The van der Waals surface area contributed by atoms with Gasteiger partial charge in [0.05, 0.1) is 19.3 Å². The Morgan fingerprint density at radius 1 is 1.11 bits per heavy atom. The van der Waals surface area contributed by atoms with Gasteiger partial charge in [0.25, 0.3) is 0 Å². The molecule has 8 atom stereocenters. The molecule has 4 fully saturated rings. The summed E-state index contributed by atoms with van der Waals surface area (Å²) >= 11 is 0. The molecule has 100 valence electrons. The van der Waals surface area contributed by atoms with Gasteiger partial charge in [-0.15, -0.1) is 0 Å². The first kappa shape index (κ1) is 11.4. The summed E-state index contributed by atoms with van der Waals surface area (Å²) in [7, 11) is 0. The zero-order valence-electron chi connectivity index (χ0n) is 10.3. The van der Waals surface area contributed by atoms with Crippen LogP contribution in [0, 0.1) is 5.92 Å². The highest BCUT2D eigenvalue weighted by Gasteiger charge is 2.66. The summed E-state index contributed by atoms with van der Waals surface area (Å²) in [6.45, 7) is 2.84. The van der Waals surface area contributed by atoms with E-state index in [0.717, 1.165) is 0 Å². The third-order valence-electron chi connectivity index (χ3n) is 4.46. The second kappa shape index (κ2) is 4.02. The maximum Gasteiger partial charge on any atom is 0.116 e. The number of aliphatic hydroxyl groups is 1. The van der Waals surface area contributed by atoms with Crippen LogP contribution in [0.2, 0.25) is 0 Å². The van der Waals surface area contributed by atoms with E-state index in [2.05, 4.69) is 6.92 Å². The summed E-state index contributed by atoms with van der Waals surface area (Å²) in [6, 6.07) is 0. The highest BCUT2D eigenvalue weighted by atomic mass is 16.7. The first-order valence-electron chi connectivity index (χ1n) is 6.65. The second-order valence-electron chi connectivity index (χ2n) is 5.54. The lowest BCUT2D eigenvalue weighted by atomic mass is 9.88. The van der Waals surface area contributed by atoms with Gasteiger partial charge in [0.2, 0.25) is 0 Å². The van der Waals surface area contributed by atoms with Crippen LogP contribution >= 0.6 is 0 Å². The van der Waals surface area contributed by atoms with Crippen LogP contribution in [0.15, 0.2) is 12.2 Å². The maximum absolute atomic E-state index is 8.78. The molecule has 0 amide bonds. The van der Waals surface area contributed by atoms with E-state index in [1.807, 2.05) is 6.08 Å². The first-order chi connectivity index (χ1) is 8.79. The lowest BCUT2D eigenvalue weighted by molar-refractivity contribution is -0.261. The SMILES string of the molecule is CC(/C=C/CO)C1OC2C1OC1C3OCC3OC12. The van der Waals surface area contributed by atoms with Crippen molar-refractivity contribution in [2.24, 2.45) is 5.92 Å². The average Bonchev–Trinajstić information content (AvgIpc) is 2.69. The minimum absolute atomic E-state index is 0.0535.